The van der Waals surface area contributed by atoms with Crippen molar-refractivity contribution in [2.45, 2.75) is 52.0 Å². The summed E-state index contributed by atoms with van der Waals surface area (Å²) in [6.07, 6.45) is 7.51. The summed E-state index contributed by atoms with van der Waals surface area (Å²) in [5.41, 5.74) is 0.227. The number of hydrogen-bond donors (Lipinski definition) is 1. The molecule has 2 atom stereocenters. The third-order valence-electron chi connectivity index (χ3n) is 3.66. The highest BCUT2D eigenvalue weighted by Gasteiger charge is 2.22. The fourth-order valence-electron chi connectivity index (χ4n) is 2.50. The quantitative estimate of drug-likeness (QED) is 0.669. The second kappa shape index (κ2) is 6.59. The number of rotatable bonds is 4. The molecule has 2 unspecified atom stereocenters. The lowest BCUT2D eigenvalue weighted by atomic mass is 9.97. The van der Waals surface area contributed by atoms with Crippen molar-refractivity contribution in [2.75, 3.05) is 11.9 Å². The minimum atomic E-state index is -0.437. The molecule has 0 saturated heterocycles. The average molecular weight is 266 g/mol. The first kappa shape index (κ1) is 13.9. The summed E-state index contributed by atoms with van der Waals surface area (Å²) in [6.45, 7) is 4.36. The van der Waals surface area contributed by atoms with Crippen LogP contribution in [0.5, 0.6) is 0 Å². The summed E-state index contributed by atoms with van der Waals surface area (Å²) in [7, 11) is 0. The molecule has 1 aromatic heterocycles. The van der Waals surface area contributed by atoms with E-state index in [1.165, 1.54) is 31.9 Å². The van der Waals surface area contributed by atoms with Gasteiger partial charge >= 0.3 is 5.97 Å². The van der Waals surface area contributed by atoms with Gasteiger partial charge in [0, 0.05) is 6.04 Å². The molecular weight excluding hydrogens is 244 g/mol. The Bertz CT molecular complexity index is 417. The first-order valence-electron chi connectivity index (χ1n) is 7.10. The molecule has 2 rings (SSSR count). The Balaban J connectivity index is 1.96. The van der Waals surface area contributed by atoms with E-state index < -0.39 is 5.97 Å². The van der Waals surface area contributed by atoms with Gasteiger partial charge < -0.3 is 14.5 Å². The average Bonchev–Trinajstić information content (AvgIpc) is 2.76. The molecule has 0 bridgehead atoms. The van der Waals surface area contributed by atoms with E-state index in [1.807, 2.05) is 0 Å². The van der Waals surface area contributed by atoms with Gasteiger partial charge in [-0.1, -0.05) is 26.2 Å². The molecule has 0 aromatic carbocycles. The first-order chi connectivity index (χ1) is 9.20. The van der Waals surface area contributed by atoms with E-state index in [2.05, 4.69) is 17.2 Å². The normalized spacial score (nSPS) is 23.7. The van der Waals surface area contributed by atoms with Crippen LogP contribution in [-0.2, 0) is 4.74 Å². The van der Waals surface area contributed by atoms with Crippen molar-refractivity contribution in [2.24, 2.45) is 5.92 Å². The second-order valence-corrected chi connectivity index (χ2v) is 5.12. The third kappa shape index (κ3) is 3.72. The van der Waals surface area contributed by atoms with E-state index in [0.717, 1.165) is 6.42 Å². The molecule has 0 amide bonds. The Labute approximate surface area is 113 Å². The van der Waals surface area contributed by atoms with E-state index >= 15 is 0 Å². The standard InChI is InChI=1S/C14H22N2O3/c1-3-18-13(17)12-9-19-14(16-12)15-11-8-6-4-5-7-10(11)2/h9-11H,3-8H2,1-2H3,(H,15,16). The fraction of sp³-hybridized carbons (Fsp3) is 0.714. The van der Waals surface area contributed by atoms with Gasteiger partial charge in [-0.25, -0.2) is 4.79 Å². The lowest BCUT2D eigenvalue weighted by molar-refractivity contribution is 0.0519. The zero-order valence-electron chi connectivity index (χ0n) is 11.6. The molecule has 1 fully saturated rings. The Kier molecular flexibility index (Phi) is 4.82. The van der Waals surface area contributed by atoms with Crippen LogP contribution in [0.4, 0.5) is 6.01 Å². The maximum atomic E-state index is 11.5. The van der Waals surface area contributed by atoms with E-state index in [9.17, 15) is 4.79 Å². The predicted molar refractivity (Wildman–Crippen MR) is 72.1 cm³/mol. The van der Waals surface area contributed by atoms with E-state index in [-0.39, 0.29) is 5.69 Å². The highest BCUT2D eigenvalue weighted by Crippen LogP contribution is 2.25. The monoisotopic (exact) mass is 266 g/mol. The number of carbonyl (C=O) groups excluding carboxylic acids is 1. The molecule has 1 N–H and O–H groups in total. The van der Waals surface area contributed by atoms with Gasteiger partial charge in [0.1, 0.15) is 6.26 Å². The minimum Gasteiger partial charge on any atom is -0.461 e. The summed E-state index contributed by atoms with van der Waals surface area (Å²) in [5.74, 6) is 0.161. The molecule has 1 aromatic rings. The molecule has 5 nitrogen and oxygen atoms in total. The van der Waals surface area contributed by atoms with Gasteiger partial charge in [-0.05, 0) is 25.7 Å². The molecule has 0 radical (unpaired) electrons. The van der Waals surface area contributed by atoms with Crippen molar-refractivity contribution < 1.29 is 13.9 Å². The van der Waals surface area contributed by atoms with Crippen molar-refractivity contribution >= 4 is 12.0 Å². The molecule has 19 heavy (non-hydrogen) atoms. The Morgan fingerprint density at radius 3 is 3.05 bits per heavy atom. The van der Waals surface area contributed by atoms with Gasteiger partial charge in [0.15, 0.2) is 5.69 Å². The van der Waals surface area contributed by atoms with Crippen LogP contribution in [0.25, 0.3) is 0 Å². The Hall–Kier alpha value is -1.52. The first-order valence-corrected chi connectivity index (χ1v) is 7.10. The van der Waals surface area contributed by atoms with Crippen LogP contribution < -0.4 is 5.32 Å². The number of nitrogens with one attached hydrogen (secondary N) is 1. The lowest BCUT2D eigenvalue weighted by Crippen LogP contribution is -2.26. The van der Waals surface area contributed by atoms with Crippen molar-refractivity contribution in [1.29, 1.82) is 0 Å². The summed E-state index contributed by atoms with van der Waals surface area (Å²) in [5, 5.41) is 3.30. The number of aromatic nitrogens is 1. The van der Waals surface area contributed by atoms with Crippen molar-refractivity contribution in [1.82, 2.24) is 4.98 Å². The molecule has 5 heteroatoms. The number of esters is 1. The maximum absolute atomic E-state index is 11.5. The number of oxazole rings is 1. The largest absolute Gasteiger partial charge is 0.461 e. The predicted octanol–water partition coefficient (Wildman–Crippen LogP) is 3.23. The minimum absolute atomic E-state index is 0.227. The van der Waals surface area contributed by atoms with Crippen molar-refractivity contribution in [3.63, 3.8) is 0 Å². The summed E-state index contributed by atoms with van der Waals surface area (Å²) < 4.78 is 10.2. The van der Waals surface area contributed by atoms with Crippen LogP contribution in [0.15, 0.2) is 10.7 Å². The van der Waals surface area contributed by atoms with Crippen LogP contribution in [0.1, 0.15) is 56.4 Å². The summed E-state index contributed by atoms with van der Waals surface area (Å²) in [6, 6.07) is 0.790. The van der Waals surface area contributed by atoms with Gasteiger partial charge in [-0.3, -0.25) is 0 Å². The number of nitrogens with zero attached hydrogens (tertiary/aromatic N) is 1. The molecule has 1 aliphatic rings. The lowest BCUT2D eigenvalue weighted by Gasteiger charge is -2.21. The van der Waals surface area contributed by atoms with E-state index in [0.29, 0.717) is 24.6 Å². The number of ether oxygens (including phenoxy) is 1. The Morgan fingerprint density at radius 2 is 2.26 bits per heavy atom. The number of carbonyl (C=O) groups is 1. The van der Waals surface area contributed by atoms with Crippen LogP contribution in [-0.4, -0.2) is 23.6 Å². The van der Waals surface area contributed by atoms with E-state index in [1.54, 1.807) is 6.92 Å². The van der Waals surface area contributed by atoms with Crippen molar-refractivity contribution in [3.05, 3.63) is 12.0 Å². The number of hydrogen-bond acceptors (Lipinski definition) is 5. The zero-order valence-corrected chi connectivity index (χ0v) is 11.6. The van der Waals surface area contributed by atoms with Crippen LogP contribution in [0.3, 0.4) is 0 Å². The van der Waals surface area contributed by atoms with Gasteiger partial charge in [-0.15, -0.1) is 0 Å². The molecule has 1 aliphatic carbocycles. The van der Waals surface area contributed by atoms with Crippen LogP contribution >= 0.6 is 0 Å². The van der Waals surface area contributed by atoms with Crippen molar-refractivity contribution in [3.8, 4) is 0 Å². The number of anilines is 1. The summed E-state index contributed by atoms with van der Waals surface area (Å²) in [4.78, 5) is 15.6. The smallest absolute Gasteiger partial charge is 0.360 e. The topological polar surface area (TPSA) is 64.4 Å². The highest BCUT2D eigenvalue weighted by atomic mass is 16.5. The van der Waals surface area contributed by atoms with E-state index in [4.69, 9.17) is 9.15 Å². The second-order valence-electron chi connectivity index (χ2n) is 5.12. The Morgan fingerprint density at radius 1 is 1.47 bits per heavy atom. The molecule has 1 heterocycles. The van der Waals surface area contributed by atoms with Crippen LogP contribution in [0.2, 0.25) is 0 Å². The molecule has 0 aliphatic heterocycles. The molecule has 106 valence electrons. The van der Waals surface area contributed by atoms with Gasteiger partial charge in [0.05, 0.1) is 6.61 Å². The fourth-order valence-corrected chi connectivity index (χ4v) is 2.50. The SMILES string of the molecule is CCOC(=O)c1coc(NC2CCCCCC2C)n1. The molecule has 0 spiro atoms. The highest BCUT2D eigenvalue weighted by molar-refractivity contribution is 5.87. The maximum Gasteiger partial charge on any atom is 0.360 e. The molecular formula is C14H22N2O3. The van der Waals surface area contributed by atoms with Crippen LogP contribution in [0, 0.1) is 5.92 Å². The van der Waals surface area contributed by atoms with Gasteiger partial charge in [0.2, 0.25) is 0 Å². The zero-order chi connectivity index (χ0) is 13.7. The van der Waals surface area contributed by atoms with Gasteiger partial charge in [-0.2, -0.15) is 4.98 Å². The third-order valence-corrected chi connectivity index (χ3v) is 3.66. The molecule has 1 saturated carbocycles. The van der Waals surface area contributed by atoms with Gasteiger partial charge in [0.25, 0.3) is 6.01 Å². The summed E-state index contributed by atoms with van der Waals surface area (Å²) >= 11 is 0.